The second-order valence-electron chi connectivity index (χ2n) is 6.37. The van der Waals surface area contributed by atoms with Crippen molar-refractivity contribution >= 4 is 11.6 Å². The quantitative estimate of drug-likeness (QED) is 0.908. The Morgan fingerprint density at radius 2 is 1.76 bits per heavy atom. The Balaban J connectivity index is 1.71. The average Bonchev–Trinajstić information content (AvgIpc) is 3.35. The molecule has 2 N–H and O–H groups in total. The Morgan fingerprint density at radius 1 is 1.14 bits per heavy atom. The van der Waals surface area contributed by atoms with E-state index in [1.165, 1.54) is 31.5 Å². The molecule has 1 saturated heterocycles. The van der Waals surface area contributed by atoms with Gasteiger partial charge in [0.1, 0.15) is 0 Å². The van der Waals surface area contributed by atoms with Crippen LogP contribution in [-0.2, 0) is 0 Å². The number of benzene rings is 1. The minimum absolute atomic E-state index is 0.179. The highest BCUT2D eigenvalue weighted by Crippen LogP contribution is 2.31. The van der Waals surface area contributed by atoms with Crippen LogP contribution in [0.25, 0.3) is 0 Å². The maximum absolute atomic E-state index is 6.44. The molecule has 0 spiro atoms. The minimum Gasteiger partial charge on any atom is -0.326 e. The molecule has 1 heterocycles. The summed E-state index contributed by atoms with van der Waals surface area (Å²) in [6.07, 6.45) is 3.79. The van der Waals surface area contributed by atoms with Gasteiger partial charge in [0.15, 0.2) is 0 Å². The van der Waals surface area contributed by atoms with Crippen molar-refractivity contribution < 1.29 is 0 Å². The summed E-state index contributed by atoms with van der Waals surface area (Å²) in [6.45, 7) is 6.79. The SMILES string of the molecule is CCC(N)C(c1ccc(Cl)cc1)N1CCN(C2CC2)CC1. The van der Waals surface area contributed by atoms with Crippen molar-refractivity contribution in [2.75, 3.05) is 26.2 Å². The number of hydrogen-bond donors (Lipinski definition) is 1. The van der Waals surface area contributed by atoms with Crippen molar-refractivity contribution in [2.45, 2.75) is 44.3 Å². The molecule has 0 aromatic heterocycles. The number of halogens is 1. The van der Waals surface area contributed by atoms with Gasteiger partial charge in [0.25, 0.3) is 0 Å². The zero-order valence-corrected chi connectivity index (χ0v) is 13.6. The zero-order chi connectivity index (χ0) is 14.8. The fraction of sp³-hybridized carbons (Fsp3) is 0.647. The number of hydrogen-bond acceptors (Lipinski definition) is 3. The van der Waals surface area contributed by atoms with Gasteiger partial charge in [-0.25, -0.2) is 0 Å². The highest BCUT2D eigenvalue weighted by molar-refractivity contribution is 6.30. The molecule has 1 aromatic carbocycles. The number of nitrogens with two attached hydrogens (primary N) is 1. The van der Waals surface area contributed by atoms with Crippen LogP contribution >= 0.6 is 11.6 Å². The van der Waals surface area contributed by atoms with Gasteiger partial charge in [-0.2, -0.15) is 0 Å². The van der Waals surface area contributed by atoms with Crippen molar-refractivity contribution in [3.05, 3.63) is 34.9 Å². The molecular formula is C17H26ClN3. The molecule has 4 heteroatoms. The third-order valence-corrected chi connectivity index (χ3v) is 5.15. The van der Waals surface area contributed by atoms with E-state index in [4.69, 9.17) is 17.3 Å². The Kier molecular flexibility index (Phi) is 4.85. The van der Waals surface area contributed by atoms with E-state index < -0.39 is 0 Å². The molecular weight excluding hydrogens is 282 g/mol. The molecule has 2 fully saturated rings. The third-order valence-electron chi connectivity index (χ3n) is 4.89. The molecule has 2 unspecified atom stereocenters. The molecule has 0 bridgehead atoms. The zero-order valence-electron chi connectivity index (χ0n) is 12.8. The summed E-state index contributed by atoms with van der Waals surface area (Å²) in [6, 6.07) is 9.60. The summed E-state index contributed by atoms with van der Waals surface area (Å²) in [5, 5.41) is 0.793. The van der Waals surface area contributed by atoms with E-state index in [0.717, 1.165) is 30.6 Å². The summed E-state index contributed by atoms with van der Waals surface area (Å²) in [7, 11) is 0. The Bertz CT molecular complexity index is 450. The Morgan fingerprint density at radius 3 is 2.29 bits per heavy atom. The highest BCUT2D eigenvalue weighted by Gasteiger charge is 2.34. The predicted octanol–water partition coefficient (Wildman–Crippen LogP) is 2.90. The summed E-state index contributed by atoms with van der Waals surface area (Å²) < 4.78 is 0. The number of piperazine rings is 1. The van der Waals surface area contributed by atoms with E-state index in [1.807, 2.05) is 12.1 Å². The molecule has 1 saturated carbocycles. The van der Waals surface area contributed by atoms with Crippen LogP contribution in [0.15, 0.2) is 24.3 Å². The van der Waals surface area contributed by atoms with Crippen LogP contribution in [0.2, 0.25) is 5.02 Å². The summed E-state index contributed by atoms with van der Waals surface area (Å²) >= 11 is 6.02. The Labute approximate surface area is 133 Å². The Hall–Kier alpha value is -0.610. The molecule has 1 aliphatic heterocycles. The van der Waals surface area contributed by atoms with Gasteiger partial charge in [-0.1, -0.05) is 30.7 Å². The van der Waals surface area contributed by atoms with Crippen LogP contribution in [0.3, 0.4) is 0 Å². The van der Waals surface area contributed by atoms with Crippen LogP contribution in [0.1, 0.15) is 37.8 Å². The molecule has 0 radical (unpaired) electrons. The van der Waals surface area contributed by atoms with Crippen molar-refractivity contribution in [1.82, 2.24) is 9.80 Å². The van der Waals surface area contributed by atoms with Crippen molar-refractivity contribution in [2.24, 2.45) is 5.73 Å². The standard InChI is InChI=1S/C17H26ClN3/c1-2-16(19)17(13-3-5-14(18)6-4-13)21-11-9-20(10-12-21)15-7-8-15/h3-6,15-17H,2,7-12,19H2,1H3. The molecule has 1 aromatic rings. The van der Waals surface area contributed by atoms with Crippen molar-refractivity contribution in [3.63, 3.8) is 0 Å². The monoisotopic (exact) mass is 307 g/mol. The van der Waals surface area contributed by atoms with Gasteiger partial charge in [0.2, 0.25) is 0 Å². The van der Waals surface area contributed by atoms with Crippen LogP contribution in [0, 0.1) is 0 Å². The van der Waals surface area contributed by atoms with Gasteiger partial charge in [0.05, 0.1) is 0 Å². The van der Waals surface area contributed by atoms with Crippen molar-refractivity contribution in [3.8, 4) is 0 Å². The minimum atomic E-state index is 0.179. The fourth-order valence-electron chi connectivity index (χ4n) is 3.43. The molecule has 2 atom stereocenters. The molecule has 3 rings (SSSR count). The van der Waals surface area contributed by atoms with Crippen molar-refractivity contribution in [1.29, 1.82) is 0 Å². The van der Waals surface area contributed by atoms with Crippen LogP contribution in [0.4, 0.5) is 0 Å². The van der Waals surface area contributed by atoms with Crippen LogP contribution in [0.5, 0.6) is 0 Å². The second-order valence-corrected chi connectivity index (χ2v) is 6.81. The van der Waals surface area contributed by atoms with Gasteiger partial charge < -0.3 is 5.73 Å². The summed E-state index contributed by atoms with van der Waals surface area (Å²) in [5.74, 6) is 0. The lowest BCUT2D eigenvalue weighted by Gasteiger charge is -2.41. The third kappa shape index (κ3) is 3.59. The molecule has 2 aliphatic rings. The van der Waals surface area contributed by atoms with Gasteiger partial charge in [0, 0.05) is 49.3 Å². The van der Waals surface area contributed by atoms with Gasteiger partial charge in [-0.05, 0) is 37.0 Å². The molecule has 21 heavy (non-hydrogen) atoms. The smallest absolute Gasteiger partial charge is 0.0500 e. The van der Waals surface area contributed by atoms with Gasteiger partial charge in [-0.3, -0.25) is 9.80 Å². The van der Waals surface area contributed by atoms with Crippen LogP contribution < -0.4 is 5.73 Å². The van der Waals surface area contributed by atoms with E-state index in [9.17, 15) is 0 Å². The van der Waals surface area contributed by atoms with E-state index in [0.29, 0.717) is 6.04 Å². The van der Waals surface area contributed by atoms with E-state index >= 15 is 0 Å². The van der Waals surface area contributed by atoms with Gasteiger partial charge >= 0.3 is 0 Å². The van der Waals surface area contributed by atoms with E-state index in [1.54, 1.807) is 0 Å². The van der Waals surface area contributed by atoms with E-state index in [-0.39, 0.29) is 6.04 Å². The fourth-order valence-corrected chi connectivity index (χ4v) is 3.56. The highest BCUT2D eigenvalue weighted by atomic mass is 35.5. The maximum Gasteiger partial charge on any atom is 0.0500 e. The molecule has 3 nitrogen and oxygen atoms in total. The second kappa shape index (κ2) is 6.66. The van der Waals surface area contributed by atoms with E-state index in [2.05, 4.69) is 28.9 Å². The van der Waals surface area contributed by atoms with Gasteiger partial charge in [-0.15, -0.1) is 0 Å². The normalized spacial score (nSPS) is 24.0. The molecule has 1 aliphatic carbocycles. The first-order valence-electron chi connectivity index (χ1n) is 8.18. The lowest BCUT2D eigenvalue weighted by molar-refractivity contribution is 0.0795. The van der Waals surface area contributed by atoms with Crippen LogP contribution in [-0.4, -0.2) is 48.1 Å². The molecule has 116 valence electrons. The first kappa shape index (κ1) is 15.3. The lowest BCUT2D eigenvalue weighted by atomic mass is 9.95. The average molecular weight is 308 g/mol. The lowest BCUT2D eigenvalue weighted by Crippen LogP contribution is -2.51. The maximum atomic E-state index is 6.44. The predicted molar refractivity (Wildman–Crippen MR) is 88.6 cm³/mol. The summed E-state index contributed by atoms with van der Waals surface area (Å²) in [5.41, 5.74) is 7.74. The number of rotatable bonds is 5. The largest absolute Gasteiger partial charge is 0.326 e. The topological polar surface area (TPSA) is 32.5 Å². The first-order valence-corrected chi connectivity index (χ1v) is 8.56. The first-order chi connectivity index (χ1) is 10.2. The molecule has 0 amide bonds. The summed E-state index contributed by atoms with van der Waals surface area (Å²) in [4.78, 5) is 5.21. The number of nitrogens with zero attached hydrogens (tertiary/aromatic N) is 2.